The Bertz CT molecular complexity index is 698. The minimum absolute atomic E-state index is 0.185. The molecule has 22 heavy (non-hydrogen) atoms. The second-order valence-corrected chi connectivity index (χ2v) is 4.24. The van der Waals surface area contributed by atoms with E-state index >= 15 is 0 Å². The molecule has 0 spiro atoms. The van der Waals surface area contributed by atoms with E-state index in [4.69, 9.17) is 0 Å². The minimum atomic E-state index is -4.90. The molecule has 0 aliphatic rings. The van der Waals surface area contributed by atoms with E-state index in [-0.39, 0.29) is 12.2 Å². The van der Waals surface area contributed by atoms with E-state index in [1.807, 2.05) is 0 Å². The third-order valence-electron chi connectivity index (χ3n) is 2.65. The van der Waals surface area contributed by atoms with Crippen LogP contribution in [-0.4, -0.2) is 20.6 Å². The fraction of sp³-hybridized carbons (Fsp3) is 0.167. The molecular weight excluding hydrogens is 305 g/mol. The van der Waals surface area contributed by atoms with Crippen molar-refractivity contribution in [3.05, 3.63) is 52.3 Å². The zero-order valence-electron chi connectivity index (χ0n) is 10.9. The van der Waals surface area contributed by atoms with Crippen LogP contribution >= 0.6 is 0 Å². The number of anilines is 1. The Balaban J connectivity index is 2.21. The lowest BCUT2D eigenvalue weighted by molar-refractivity contribution is -0.388. The van der Waals surface area contributed by atoms with Gasteiger partial charge in [-0.25, -0.2) is 0 Å². The maximum atomic E-state index is 12.8. The Morgan fingerprint density at radius 3 is 2.68 bits per heavy atom. The molecule has 0 aliphatic carbocycles. The van der Waals surface area contributed by atoms with Gasteiger partial charge < -0.3 is 5.32 Å². The van der Waals surface area contributed by atoms with Crippen LogP contribution in [0.5, 0.6) is 0 Å². The van der Waals surface area contributed by atoms with Crippen LogP contribution in [0.15, 0.2) is 36.7 Å². The number of nitrogens with one attached hydrogen (secondary N) is 1. The summed E-state index contributed by atoms with van der Waals surface area (Å²) in [5, 5.41) is 16.6. The molecule has 0 saturated carbocycles. The van der Waals surface area contributed by atoms with Gasteiger partial charge in [0.15, 0.2) is 0 Å². The number of benzene rings is 1. The molecule has 1 heterocycles. The second kappa shape index (κ2) is 5.84. The summed E-state index contributed by atoms with van der Waals surface area (Å²) in [6.45, 7) is -0.189. The van der Waals surface area contributed by atoms with Crippen LogP contribution in [0.3, 0.4) is 0 Å². The number of amides is 1. The van der Waals surface area contributed by atoms with Crippen molar-refractivity contribution in [2.24, 2.45) is 0 Å². The number of hydrogen-bond acceptors (Lipinski definition) is 4. The maximum Gasteiger partial charge on any atom is 0.423 e. The third-order valence-corrected chi connectivity index (χ3v) is 2.65. The normalized spacial score (nSPS) is 11.2. The average molecular weight is 314 g/mol. The van der Waals surface area contributed by atoms with Crippen molar-refractivity contribution < 1.29 is 22.9 Å². The molecule has 2 aromatic rings. The summed E-state index contributed by atoms with van der Waals surface area (Å²) < 4.78 is 39.7. The van der Waals surface area contributed by atoms with E-state index in [0.29, 0.717) is 12.1 Å². The van der Waals surface area contributed by atoms with Crippen molar-refractivity contribution in [2.45, 2.75) is 12.7 Å². The molecule has 0 atom stereocenters. The van der Waals surface area contributed by atoms with Crippen molar-refractivity contribution in [3.8, 4) is 0 Å². The quantitative estimate of drug-likeness (QED) is 0.693. The molecule has 0 fully saturated rings. The number of hydrogen-bond donors (Lipinski definition) is 1. The van der Waals surface area contributed by atoms with Crippen LogP contribution in [0.25, 0.3) is 0 Å². The van der Waals surface area contributed by atoms with Crippen LogP contribution in [0, 0.1) is 10.1 Å². The first-order valence-corrected chi connectivity index (χ1v) is 5.90. The van der Waals surface area contributed by atoms with Gasteiger partial charge in [0, 0.05) is 24.1 Å². The molecule has 116 valence electrons. The number of nitrogens with zero attached hydrogens (tertiary/aromatic N) is 3. The van der Waals surface area contributed by atoms with Gasteiger partial charge in [0.1, 0.15) is 12.1 Å². The number of nitro groups is 1. The Kier molecular flexibility index (Phi) is 4.11. The van der Waals surface area contributed by atoms with E-state index in [1.54, 1.807) is 6.07 Å². The number of rotatable bonds is 4. The highest BCUT2D eigenvalue weighted by Crippen LogP contribution is 2.37. The number of halogens is 3. The van der Waals surface area contributed by atoms with Crippen molar-refractivity contribution in [2.75, 3.05) is 5.32 Å². The smallest absolute Gasteiger partial charge is 0.324 e. The van der Waals surface area contributed by atoms with Crippen molar-refractivity contribution in [3.63, 3.8) is 0 Å². The van der Waals surface area contributed by atoms with Gasteiger partial charge in [0.2, 0.25) is 5.91 Å². The van der Waals surface area contributed by atoms with Crippen LogP contribution in [-0.2, 0) is 17.5 Å². The van der Waals surface area contributed by atoms with E-state index in [9.17, 15) is 28.1 Å². The van der Waals surface area contributed by atoms with E-state index in [0.717, 1.165) is 6.07 Å². The molecule has 1 aromatic carbocycles. The summed E-state index contributed by atoms with van der Waals surface area (Å²) in [6.07, 6.45) is -1.94. The molecule has 1 aromatic heterocycles. The van der Waals surface area contributed by atoms with Gasteiger partial charge >= 0.3 is 6.18 Å². The topological polar surface area (TPSA) is 90.1 Å². The standard InChI is InChI=1S/C12H9F3N4O3/c13-12(14,15)9-6-8(2-3-10(9)19(21)22)17-11(20)7-18-5-1-4-16-18/h1-6H,7H2,(H,17,20). The molecule has 2 rings (SSSR count). The highest BCUT2D eigenvalue weighted by Gasteiger charge is 2.38. The van der Waals surface area contributed by atoms with Gasteiger partial charge in [-0.05, 0) is 18.2 Å². The molecule has 0 radical (unpaired) electrons. The molecule has 10 heteroatoms. The number of carbonyl (C=O) groups is 1. The highest BCUT2D eigenvalue weighted by molar-refractivity contribution is 5.90. The Morgan fingerprint density at radius 2 is 2.14 bits per heavy atom. The van der Waals surface area contributed by atoms with Crippen molar-refractivity contribution in [1.29, 1.82) is 0 Å². The van der Waals surface area contributed by atoms with Gasteiger partial charge in [-0.15, -0.1) is 0 Å². The number of nitro benzene ring substituents is 1. The summed E-state index contributed by atoms with van der Waals surface area (Å²) >= 11 is 0. The molecule has 0 saturated heterocycles. The fourth-order valence-corrected chi connectivity index (χ4v) is 1.74. The molecule has 0 bridgehead atoms. The van der Waals surface area contributed by atoms with Crippen LogP contribution in [0.1, 0.15) is 5.56 Å². The Hall–Kier alpha value is -2.91. The van der Waals surface area contributed by atoms with Crippen molar-refractivity contribution in [1.82, 2.24) is 9.78 Å². The van der Waals surface area contributed by atoms with E-state index in [2.05, 4.69) is 10.4 Å². The molecular formula is C12H9F3N4O3. The number of aromatic nitrogens is 2. The molecule has 1 amide bonds. The van der Waals surface area contributed by atoms with Crippen LogP contribution < -0.4 is 5.32 Å². The summed E-state index contributed by atoms with van der Waals surface area (Å²) in [6, 6.07) is 3.85. The molecule has 0 aliphatic heterocycles. The maximum absolute atomic E-state index is 12.8. The Labute approximate surface area is 121 Å². The summed E-state index contributed by atoms with van der Waals surface area (Å²) in [5.41, 5.74) is -2.68. The zero-order chi connectivity index (χ0) is 16.3. The molecule has 7 nitrogen and oxygen atoms in total. The third kappa shape index (κ3) is 3.59. The molecule has 0 unspecified atom stereocenters. The summed E-state index contributed by atoms with van der Waals surface area (Å²) in [5.74, 6) is -0.606. The van der Waals surface area contributed by atoms with Gasteiger partial charge in [0.05, 0.1) is 4.92 Å². The highest BCUT2D eigenvalue weighted by atomic mass is 19.4. The fourth-order valence-electron chi connectivity index (χ4n) is 1.74. The average Bonchev–Trinajstić information content (AvgIpc) is 2.90. The van der Waals surface area contributed by atoms with Gasteiger partial charge in [-0.2, -0.15) is 18.3 Å². The first-order valence-electron chi connectivity index (χ1n) is 5.90. The lowest BCUT2D eigenvalue weighted by Gasteiger charge is -2.10. The zero-order valence-corrected chi connectivity index (χ0v) is 10.9. The predicted octanol–water partition coefficient (Wildman–Crippen LogP) is 2.45. The Morgan fingerprint density at radius 1 is 1.41 bits per heavy atom. The summed E-state index contributed by atoms with van der Waals surface area (Å²) in [7, 11) is 0. The number of carbonyl (C=O) groups excluding carboxylic acids is 1. The monoisotopic (exact) mass is 314 g/mol. The van der Waals surface area contributed by atoms with Gasteiger partial charge in [-0.1, -0.05) is 0 Å². The minimum Gasteiger partial charge on any atom is -0.324 e. The summed E-state index contributed by atoms with van der Waals surface area (Å²) in [4.78, 5) is 21.2. The SMILES string of the molecule is O=C(Cn1cccn1)Nc1ccc([N+](=O)[O-])c(C(F)(F)F)c1. The van der Waals surface area contributed by atoms with Crippen LogP contribution in [0.4, 0.5) is 24.5 Å². The van der Waals surface area contributed by atoms with Crippen LogP contribution in [0.2, 0.25) is 0 Å². The number of alkyl halides is 3. The van der Waals surface area contributed by atoms with Crippen molar-refractivity contribution >= 4 is 17.3 Å². The largest absolute Gasteiger partial charge is 0.423 e. The predicted molar refractivity (Wildman–Crippen MR) is 69.0 cm³/mol. The van der Waals surface area contributed by atoms with Gasteiger partial charge in [0.25, 0.3) is 5.69 Å². The molecule has 1 N–H and O–H groups in total. The van der Waals surface area contributed by atoms with E-state index < -0.39 is 28.3 Å². The first-order chi connectivity index (χ1) is 10.3. The lowest BCUT2D eigenvalue weighted by atomic mass is 10.1. The van der Waals surface area contributed by atoms with E-state index in [1.165, 1.54) is 17.1 Å². The second-order valence-electron chi connectivity index (χ2n) is 4.24. The van der Waals surface area contributed by atoms with Gasteiger partial charge in [-0.3, -0.25) is 19.6 Å². The lowest BCUT2D eigenvalue weighted by Crippen LogP contribution is -2.19. The first kappa shape index (κ1) is 15.5.